The van der Waals surface area contributed by atoms with Gasteiger partial charge in [0.1, 0.15) is 23.4 Å². The number of halogens is 1. The van der Waals surface area contributed by atoms with E-state index in [1.165, 1.54) is 6.07 Å². The molecule has 1 fully saturated rings. The highest BCUT2D eigenvalue weighted by atomic mass is 19.1. The van der Waals surface area contributed by atoms with Gasteiger partial charge in [-0.15, -0.1) is 0 Å². The summed E-state index contributed by atoms with van der Waals surface area (Å²) in [5.74, 6) is 0.192. The number of nitrogens with zero attached hydrogens (tertiary/aromatic N) is 3. The zero-order valence-corrected chi connectivity index (χ0v) is 14.0. The number of fused-ring (bicyclic) bond motifs is 1. The average molecular weight is 341 g/mol. The minimum Gasteiger partial charge on any atom is -0.382 e. The van der Waals surface area contributed by atoms with Crippen molar-refractivity contribution < 1.29 is 9.13 Å². The highest BCUT2D eigenvalue weighted by Crippen LogP contribution is 2.27. The number of nitrogens with two attached hydrogens (primary N) is 1. The van der Waals surface area contributed by atoms with Crippen molar-refractivity contribution in [3.05, 3.63) is 53.4 Å². The maximum absolute atomic E-state index is 13.5. The van der Waals surface area contributed by atoms with Crippen molar-refractivity contribution in [1.82, 2.24) is 19.9 Å². The van der Waals surface area contributed by atoms with Gasteiger partial charge in [0.15, 0.2) is 0 Å². The number of nitrogens with one attached hydrogen (secondary N) is 1. The second kappa shape index (κ2) is 6.42. The predicted octanol–water partition coefficient (Wildman–Crippen LogP) is 2.56. The van der Waals surface area contributed by atoms with E-state index in [0.29, 0.717) is 24.7 Å². The lowest BCUT2D eigenvalue weighted by molar-refractivity contribution is -0.0350. The zero-order valence-electron chi connectivity index (χ0n) is 14.0. The fourth-order valence-corrected chi connectivity index (χ4v) is 3.36. The Bertz CT molecular complexity index is 910. The molecule has 1 saturated heterocycles. The molecule has 4 rings (SSSR count). The standard InChI is InChI=1S/C18H20FN5O/c1-11-13-8-12(19)2-3-14(13)23-15(11)9-24-6-7-25-16(10-24)17-18(20)22-5-4-21-17/h2-5,8,16,23H,6-7,9-10H2,1H3,(H2,20,22)/t16-/m1/s1. The largest absolute Gasteiger partial charge is 0.382 e. The second-order valence-electron chi connectivity index (χ2n) is 6.34. The summed E-state index contributed by atoms with van der Waals surface area (Å²) in [6.07, 6.45) is 3.01. The molecule has 0 spiro atoms. The molecule has 0 radical (unpaired) electrons. The number of hydrogen-bond acceptors (Lipinski definition) is 5. The van der Waals surface area contributed by atoms with E-state index in [9.17, 15) is 4.39 Å². The first-order valence-electron chi connectivity index (χ1n) is 8.29. The lowest BCUT2D eigenvalue weighted by atomic mass is 10.1. The Morgan fingerprint density at radius 1 is 1.36 bits per heavy atom. The average Bonchev–Trinajstić information content (AvgIpc) is 2.91. The van der Waals surface area contributed by atoms with Crippen LogP contribution in [-0.4, -0.2) is 39.5 Å². The number of aromatic amines is 1. The first-order valence-corrected chi connectivity index (χ1v) is 8.29. The summed E-state index contributed by atoms with van der Waals surface area (Å²) in [5, 5.41) is 0.929. The summed E-state index contributed by atoms with van der Waals surface area (Å²) in [5.41, 5.74) is 9.73. The Balaban J connectivity index is 1.55. The molecule has 0 aliphatic carbocycles. The second-order valence-corrected chi connectivity index (χ2v) is 6.34. The van der Waals surface area contributed by atoms with Gasteiger partial charge >= 0.3 is 0 Å². The summed E-state index contributed by atoms with van der Waals surface area (Å²) < 4.78 is 19.3. The Morgan fingerprint density at radius 3 is 3.04 bits per heavy atom. The van der Waals surface area contributed by atoms with Gasteiger partial charge in [0.25, 0.3) is 0 Å². The molecule has 25 heavy (non-hydrogen) atoms. The van der Waals surface area contributed by atoms with Gasteiger partial charge < -0.3 is 15.5 Å². The van der Waals surface area contributed by atoms with Crippen LogP contribution in [-0.2, 0) is 11.3 Å². The summed E-state index contributed by atoms with van der Waals surface area (Å²) in [4.78, 5) is 14.1. The number of anilines is 1. The van der Waals surface area contributed by atoms with Crippen LogP contribution in [0.2, 0.25) is 0 Å². The first-order chi connectivity index (χ1) is 12.1. The number of nitrogen functional groups attached to an aromatic ring is 1. The molecule has 3 aromatic rings. The minimum atomic E-state index is -0.217. The van der Waals surface area contributed by atoms with Crippen LogP contribution in [0.4, 0.5) is 10.2 Å². The number of ether oxygens (including phenoxy) is 1. The van der Waals surface area contributed by atoms with Crippen LogP contribution in [0.25, 0.3) is 10.9 Å². The van der Waals surface area contributed by atoms with Gasteiger partial charge in [-0.05, 0) is 30.7 Å². The van der Waals surface area contributed by atoms with Crippen molar-refractivity contribution >= 4 is 16.7 Å². The van der Waals surface area contributed by atoms with Crippen molar-refractivity contribution in [3.63, 3.8) is 0 Å². The number of benzene rings is 1. The van der Waals surface area contributed by atoms with Crippen LogP contribution >= 0.6 is 0 Å². The molecule has 130 valence electrons. The molecule has 3 N–H and O–H groups in total. The SMILES string of the molecule is Cc1c(CN2CCO[C@@H](c3nccnc3N)C2)[nH]c2ccc(F)cc12. The quantitative estimate of drug-likeness (QED) is 0.765. The van der Waals surface area contributed by atoms with E-state index >= 15 is 0 Å². The molecular formula is C18H20FN5O. The summed E-state index contributed by atoms with van der Waals surface area (Å²) >= 11 is 0. The van der Waals surface area contributed by atoms with Gasteiger partial charge in [-0.3, -0.25) is 9.88 Å². The summed E-state index contributed by atoms with van der Waals surface area (Å²) in [6, 6.07) is 4.83. The molecule has 1 aliphatic heterocycles. The van der Waals surface area contributed by atoms with Crippen molar-refractivity contribution in [1.29, 1.82) is 0 Å². The van der Waals surface area contributed by atoms with Gasteiger partial charge in [-0.2, -0.15) is 0 Å². The Morgan fingerprint density at radius 2 is 2.20 bits per heavy atom. The molecule has 0 amide bonds. The van der Waals surface area contributed by atoms with E-state index in [1.54, 1.807) is 24.5 Å². The Hall–Kier alpha value is -2.51. The van der Waals surface area contributed by atoms with Crippen LogP contribution < -0.4 is 5.73 Å². The Labute approximate surface area is 144 Å². The van der Waals surface area contributed by atoms with E-state index in [2.05, 4.69) is 19.9 Å². The third kappa shape index (κ3) is 3.08. The molecule has 6 nitrogen and oxygen atoms in total. The first kappa shape index (κ1) is 16.0. The number of aryl methyl sites for hydroxylation is 1. The van der Waals surface area contributed by atoms with E-state index in [-0.39, 0.29) is 11.9 Å². The van der Waals surface area contributed by atoms with Gasteiger partial charge in [-0.1, -0.05) is 0 Å². The van der Waals surface area contributed by atoms with Gasteiger partial charge in [-0.25, -0.2) is 9.37 Å². The summed E-state index contributed by atoms with van der Waals surface area (Å²) in [6.45, 7) is 4.87. The van der Waals surface area contributed by atoms with Crippen molar-refractivity contribution in [3.8, 4) is 0 Å². The molecule has 3 heterocycles. The van der Waals surface area contributed by atoms with Gasteiger partial charge in [0.05, 0.1) is 6.61 Å². The van der Waals surface area contributed by atoms with Crippen LogP contribution in [0.3, 0.4) is 0 Å². The maximum Gasteiger partial charge on any atom is 0.147 e. The maximum atomic E-state index is 13.5. The van der Waals surface area contributed by atoms with Crippen LogP contribution in [0, 0.1) is 12.7 Å². The summed E-state index contributed by atoms with van der Waals surface area (Å²) in [7, 11) is 0. The Kier molecular flexibility index (Phi) is 4.10. The lowest BCUT2D eigenvalue weighted by Crippen LogP contribution is -2.38. The fourth-order valence-electron chi connectivity index (χ4n) is 3.36. The van der Waals surface area contributed by atoms with E-state index in [1.807, 2.05) is 6.92 Å². The molecule has 7 heteroatoms. The van der Waals surface area contributed by atoms with E-state index in [4.69, 9.17) is 10.5 Å². The normalized spacial score (nSPS) is 18.7. The molecule has 0 bridgehead atoms. The third-order valence-electron chi connectivity index (χ3n) is 4.72. The number of hydrogen-bond donors (Lipinski definition) is 2. The topological polar surface area (TPSA) is 80.1 Å². The van der Waals surface area contributed by atoms with Crippen molar-refractivity contribution in [2.24, 2.45) is 0 Å². The van der Waals surface area contributed by atoms with Crippen molar-refractivity contribution in [2.75, 3.05) is 25.4 Å². The number of rotatable bonds is 3. The highest BCUT2D eigenvalue weighted by Gasteiger charge is 2.26. The smallest absolute Gasteiger partial charge is 0.147 e. The molecule has 1 aromatic carbocycles. The van der Waals surface area contributed by atoms with Gasteiger partial charge in [0, 0.05) is 48.6 Å². The molecule has 2 aromatic heterocycles. The monoisotopic (exact) mass is 341 g/mol. The van der Waals surface area contributed by atoms with Crippen LogP contribution in [0.5, 0.6) is 0 Å². The highest BCUT2D eigenvalue weighted by molar-refractivity contribution is 5.84. The lowest BCUT2D eigenvalue weighted by Gasteiger charge is -2.32. The molecule has 1 aliphatic rings. The van der Waals surface area contributed by atoms with Gasteiger partial charge in [0.2, 0.25) is 0 Å². The predicted molar refractivity (Wildman–Crippen MR) is 93.4 cm³/mol. The fraction of sp³-hybridized carbons (Fsp3) is 0.333. The number of morpholine rings is 1. The molecular weight excluding hydrogens is 321 g/mol. The van der Waals surface area contributed by atoms with E-state index in [0.717, 1.165) is 35.2 Å². The number of H-pyrrole nitrogens is 1. The number of aromatic nitrogens is 3. The molecule has 1 atom stereocenters. The third-order valence-corrected chi connectivity index (χ3v) is 4.72. The molecule has 0 unspecified atom stereocenters. The minimum absolute atomic E-state index is 0.190. The van der Waals surface area contributed by atoms with Crippen LogP contribution in [0.1, 0.15) is 23.1 Å². The van der Waals surface area contributed by atoms with Crippen LogP contribution in [0.15, 0.2) is 30.6 Å². The van der Waals surface area contributed by atoms with Crippen molar-refractivity contribution in [2.45, 2.75) is 19.6 Å². The molecule has 0 saturated carbocycles. The zero-order chi connectivity index (χ0) is 17.4. The van der Waals surface area contributed by atoms with E-state index < -0.39 is 0 Å².